The zero-order chi connectivity index (χ0) is 24.1. The number of benzene rings is 1. The number of nitrogens with one attached hydrogen (secondary N) is 2. The van der Waals surface area contributed by atoms with E-state index in [0.29, 0.717) is 22.5 Å². The molecule has 0 unspecified atom stereocenters. The van der Waals surface area contributed by atoms with Gasteiger partial charge in [0.2, 0.25) is 0 Å². The largest absolute Gasteiger partial charge is 0.459 e. The van der Waals surface area contributed by atoms with E-state index in [4.69, 9.17) is 16.3 Å². The van der Waals surface area contributed by atoms with Gasteiger partial charge in [-0.1, -0.05) is 23.7 Å². The van der Waals surface area contributed by atoms with Crippen LogP contribution >= 0.6 is 11.6 Å². The third kappa shape index (κ3) is 5.75. The number of aryl methyl sites for hydroxylation is 1. The number of carbonyl (C=O) groups is 3. The molecule has 0 radical (unpaired) electrons. The molecule has 33 heavy (non-hydrogen) atoms. The van der Waals surface area contributed by atoms with Crippen LogP contribution in [-0.4, -0.2) is 38.6 Å². The van der Waals surface area contributed by atoms with E-state index in [0.717, 1.165) is 0 Å². The Morgan fingerprint density at radius 1 is 1.15 bits per heavy atom. The number of amides is 2. The summed E-state index contributed by atoms with van der Waals surface area (Å²) in [4.78, 5) is 41.4. The second-order valence-corrected chi connectivity index (χ2v) is 8.01. The molecule has 0 spiro atoms. The van der Waals surface area contributed by atoms with Crippen molar-refractivity contribution < 1.29 is 19.1 Å². The van der Waals surface area contributed by atoms with Crippen molar-refractivity contribution >= 4 is 35.1 Å². The highest BCUT2D eigenvalue weighted by Gasteiger charge is 2.22. The normalized spacial score (nSPS) is 10.7. The number of hydrogen-bond donors (Lipinski definition) is 2. The molecule has 0 fully saturated rings. The van der Waals surface area contributed by atoms with E-state index in [1.165, 1.54) is 23.9 Å². The molecule has 0 aliphatic rings. The molecule has 10 heteroatoms. The van der Waals surface area contributed by atoms with E-state index < -0.39 is 11.9 Å². The molecule has 1 aromatic carbocycles. The summed E-state index contributed by atoms with van der Waals surface area (Å²) in [5.41, 5.74) is 1.86. The minimum atomic E-state index is -0.536. The lowest BCUT2D eigenvalue weighted by Gasteiger charge is -2.15. The minimum absolute atomic E-state index is 0.0712. The number of ether oxygens (including phenoxy) is 1. The summed E-state index contributed by atoms with van der Waals surface area (Å²) in [5, 5.41) is 10.3. The fourth-order valence-electron chi connectivity index (χ4n) is 3.07. The molecule has 0 saturated carbocycles. The van der Waals surface area contributed by atoms with Crippen LogP contribution in [0.1, 0.15) is 52.9 Å². The number of hydrogen-bond acceptors (Lipinski definition) is 6. The van der Waals surface area contributed by atoms with E-state index in [2.05, 4.69) is 20.7 Å². The predicted molar refractivity (Wildman–Crippen MR) is 124 cm³/mol. The molecule has 3 aromatic rings. The van der Waals surface area contributed by atoms with Crippen LogP contribution in [0.25, 0.3) is 5.82 Å². The quantitative estimate of drug-likeness (QED) is 0.510. The number of halogens is 1. The van der Waals surface area contributed by atoms with Gasteiger partial charge in [0.1, 0.15) is 18.0 Å². The third-order valence-corrected chi connectivity index (χ3v) is 4.83. The molecular weight excluding hydrogens is 446 g/mol. The van der Waals surface area contributed by atoms with Crippen LogP contribution in [0.3, 0.4) is 0 Å². The summed E-state index contributed by atoms with van der Waals surface area (Å²) >= 11 is 6.28. The van der Waals surface area contributed by atoms with Crippen molar-refractivity contribution in [2.45, 2.75) is 40.3 Å². The number of anilines is 1. The Balaban J connectivity index is 2.01. The topological polar surface area (TPSA) is 115 Å². The number of esters is 1. The minimum Gasteiger partial charge on any atom is -0.459 e. The highest BCUT2D eigenvalue weighted by atomic mass is 35.5. The van der Waals surface area contributed by atoms with Gasteiger partial charge in [-0.05, 0) is 50.6 Å². The second-order valence-electron chi connectivity index (χ2n) is 7.60. The first-order valence-electron chi connectivity index (χ1n) is 10.2. The fourth-order valence-corrected chi connectivity index (χ4v) is 3.27. The van der Waals surface area contributed by atoms with E-state index in [-0.39, 0.29) is 35.1 Å². The first-order valence-corrected chi connectivity index (χ1v) is 10.6. The van der Waals surface area contributed by atoms with Gasteiger partial charge in [-0.3, -0.25) is 14.4 Å². The van der Waals surface area contributed by atoms with Crippen LogP contribution in [0.4, 0.5) is 5.69 Å². The van der Waals surface area contributed by atoms with Gasteiger partial charge >= 0.3 is 5.97 Å². The van der Waals surface area contributed by atoms with Gasteiger partial charge in [-0.2, -0.15) is 5.10 Å². The average Bonchev–Trinajstić information content (AvgIpc) is 3.17. The number of rotatable bonds is 7. The lowest BCUT2D eigenvalue weighted by Crippen LogP contribution is -2.31. The van der Waals surface area contributed by atoms with Crippen molar-refractivity contribution in [3.63, 3.8) is 0 Å². The summed E-state index contributed by atoms with van der Waals surface area (Å²) in [6, 6.07) is 9.86. The van der Waals surface area contributed by atoms with Crippen LogP contribution in [0, 0.1) is 6.92 Å². The first-order chi connectivity index (χ1) is 15.7. The van der Waals surface area contributed by atoms with Crippen molar-refractivity contribution in [3.05, 3.63) is 70.1 Å². The zero-order valence-corrected chi connectivity index (χ0v) is 19.4. The Labute approximate surface area is 196 Å². The maximum atomic E-state index is 13.3. The molecule has 2 amide bonds. The number of aromatic nitrogens is 3. The molecule has 0 bridgehead atoms. The smallest absolute Gasteiger partial charge is 0.303 e. The summed E-state index contributed by atoms with van der Waals surface area (Å²) in [6.45, 7) is 6.65. The van der Waals surface area contributed by atoms with Crippen LogP contribution in [0.5, 0.6) is 0 Å². The van der Waals surface area contributed by atoms with Crippen molar-refractivity contribution in [1.29, 1.82) is 0 Å². The predicted octanol–water partition coefficient (Wildman–Crippen LogP) is 3.68. The van der Waals surface area contributed by atoms with Crippen molar-refractivity contribution in [2.75, 3.05) is 5.32 Å². The third-order valence-electron chi connectivity index (χ3n) is 4.53. The maximum Gasteiger partial charge on any atom is 0.303 e. The second kappa shape index (κ2) is 10.3. The number of para-hydroxylation sites is 1. The molecule has 0 aliphatic carbocycles. The van der Waals surface area contributed by atoms with Crippen LogP contribution in [-0.2, 0) is 16.1 Å². The van der Waals surface area contributed by atoms with Gasteiger partial charge in [0.05, 0.1) is 16.3 Å². The number of carbonyl (C=O) groups excluding carboxylic acids is 3. The fraction of sp³-hybridized carbons (Fsp3) is 0.261. The standard InChI is InChI=1S/C23H24ClN5O4/c1-13(2)26-22(31)17-8-5-7-14(3)20(17)27-23(32)19-11-16(12-33-15(4)30)28-29(19)21-18(24)9-6-10-25-21/h5-11,13H,12H2,1-4H3,(H,26,31)(H,27,32). The van der Waals surface area contributed by atoms with Crippen LogP contribution in [0.15, 0.2) is 42.6 Å². The van der Waals surface area contributed by atoms with Crippen LogP contribution < -0.4 is 10.6 Å². The number of pyridine rings is 1. The van der Waals surface area contributed by atoms with E-state index in [9.17, 15) is 14.4 Å². The van der Waals surface area contributed by atoms with Gasteiger partial charge in [-0.15, -0.1) is 0 Å². The molecule has 0 atom stereocenters. The number of nitrogens with zero attached hydrogens (tertiary/aromatic N) is 3. The summed E-state index contributed by atoms with van der Waals surface area (Å²) in [6.07, 6.45) is 1.52. The van der Waals surface area contributed by atoms with E-state index >= 15 is 0 Å². The SMILES string of the molecule is CC(=O)OCc1cc(C(=O)Nc2c(C)cccc2C(=O)NC(C)C)n(-c2ncccc2Cl)n1. The van der Waals surface area contributed by atoms with Crippen molar-refractivity contribution in [1.82, 2.24) is 20.1 Å². The van der Waals surface area contributed by atoms with E-state index in [1.807, 2.05) is 13.8 Å². The zero-order valence-electron chi connectivity index (χ0n) is 18.7. The van der Waals surface area contributed by atoms with Gasteiger partial charge in [0.25, 0.3) is 11.8 Å². The molecule has 2 heterocycles. The lowest BCUT2D eigenvalue weighted by molar-refractivity contribution is -0.142. The highest BCUT2D eigenvalue weighted by molar-refractivity contribution is 6.32. The van der Waals surface area contributed by atoms with Crippen molar-refractivity contribution in [3.8, 4) is 5.82 Å². The Hall–Kier alpha value is -3.72. The lowest BCUT2D eigenvalue weighted by atomic mass is 10.1. The molecule has 0 saturated heterocycles. The van der Waals surface area contributed by atoms with Gasteiger partial charge in [0, 0.05) is 19.2 Å². The maximum absolute atomic E-state index is 13.3. The Kier molecular flexibility index (Phi) is 7.44. The molecule has 2 aromatic heterocycles. The van der Waals surface area contributed by atoms with Gasteiger partial charge < -0.3 is 15.4 Å². The summed E-state index contributed by atoms with van der Waals surface area (Å²) < 4.78 is 6.29. The molecular formula is C23H24ClN5O4. The van der Waals surface area contributed by atoms with E-state index in [1.54, 1.807) is 37.3 Å². The van der Waals surface area contributed by atoms with Crippen molar-refractivity contribution in [2.24, 2.45) is 0 Å². The monoisotopic (exact) mass is 469 g/mol. The molecule has 3 rings (SSSR count). The van der Waals surface area contributed by atoms with Gasteiger partial charge in [0.15, 0.2) is 5.82 Å². The van der Waals surface area contributed by atoms with Gasteiger partial charge in [-0.25, -0.2) is 9.67 Å². The molecule has 2 N–H and O–H groups in total. The molecule has 9 nitrogen and oxygen atoms in total. The average molecular weight is 470 g/mol. The summed E-state index contributed by atoms with van der Waals surface area (Å²) in [5.74, 6) is -1.08. The Morgan fingerprint density at radius 2 is 1.91 bits per heavy atom. The Morgan fingerprint density at radius 3 is 2.58 bits per heavy atom. The highest BCUT2D eigenvalue weighted by Crippen LogP contribution is 2.24. The molecule has 0 aliphatic heterocycles. The van der Waals surface area contributed by atoms with Crippen LogP contribution in [0.2, 0.25) is 5.02 Å². The molecule has 172 valence electrons. The first kappa shape index (κ1) is 23.9. The summed E-state index contributed by atoms with van der Waals surface area (Å²) in [7, 11) is 0. The Bertz CT molecular complexity index is 1210.